The van der Waals surface area contributed by atoms with Gasteiger partial charge in [0, 0.05) is 25.0 Å². The number of aromatic nitrogens is 2. The van der Waals surface area contributed by atoms with Gasteiger partial charge in [0.2, 0.25) is 0 Å². The fourth-order valence-electron chi connectivity index (χ4n) is 2.02. The molecule has 0 amide bonds. The lowest BCUT2D eigenvalue weighted by atomic mass is 10.1. The van der Waals surface area contributed by atoms with Crippen molar-refractivity contribution in [1.82, 2.24) is 14.9 Å². The summed E-state index contributed by atoms with van der Waals surface area (Å²) in [6.45, 7) is 4.12. The zero-order valence-corrected chi connectivity index (χ0v) is 10.2. The molecule has 2 heterocycles. The molecule has 1 unspecified atom stereocenters. The van der Waals surface area contributed by atoms with Crippen LogP contribution in [0.1, 0.15) is 26.2 Å². The highest BCUT2D eigenvalue weighted by atomic mass is 16.5. The average molecular weight is 237 g/mol. The van der Waals surface area contributed by atoms with E-state index in [1.165, 1.54) is 12.8 Å². The van der Waals surface area contributed by atoms with E-state index in [-0.39, 0.29) is 11.4 Å². The third-order valence-corrected chi connectivity index (χ3v) is 3.06. The van der Waals surface area contributed by atoms with E-state index in [0.717, 1.165) is 13.0 Å². The summed E-state index contributed by atoms with van der Waals surface area (Å²) in [6.07, 6.45) is 6.84. The second-order valence-corrected chi connectivity index (χ2v) is 4.28. The maximum Gasteiger partial charge on any atom is 0.313 e. The van der Waals surface area contributed by atoms with Gasteiger partial charge in [-0.15, -0.1) is 0 Å². The molecule has 94 valence electrons. The predicted molar refractivity (Wildman–Crippen MR) is 65.3 cm³/mol. The van der Waals surface area contributed by atoms with Gasteiger partial charge in [-0.2, -0.15) is 0 Å². The van der Waals surface area contributed by atoms with Crippen LogP contribution < -0.4 is 15.6 Å². The number of piperidine rings is 1. The largest absolute Gasteiger partial charge is 0.472 e. The van der Waals surface area contributed by atoms with Crippen molar-refractivity contribution in [2.45, 2.75) is 38.8 Å². The van der Waals surface area contributed by atoms with Crippen LogP contribution in [0.15, 0.2) is 17.2 Å². The number of hydrogen-bond acceptors (Lipinski definition) is 4. The number of nitrogens with one attached hydrogen (secondary N) is 1. The fraction of sp³-hybridized carbons (Fsp3) is 0.667. The van der Waals surface area contributed by atoms with E-state index in [1.54, 1.807) is 17.0 Å². The highest BCUT2D eigenvalue weighted by molar-refractivity contribution is 5.04. The molecule has 1 aliphatic rings. The van der Waals surface area contributed by atoms with Crippen LogP contribution in [0.2, 0.25) is 0 Å². The van der Waals surface area contributed by atoms with E-state index in [1.807, 2.05) is 6.92 Å². The van der Waals surface area contributed by atoms with E-state index in [9.17, 15) is 4.79 Å². The molecule has 0 radical (unpaired) electrons. The van der Waals surface area contributed by atoms with Crippen molar-refractivity contribution in [3.63, 3.8) is 0 Å². The second-order valence-electron chi connectivity index (χ2n) is 4.28. The predicted octanol–water partition coefficient (Wildman–Crippen LogP) is 0.784. The van der Waals surface area contributed by atoms with Gasteiger partial charge >= 0.3 is 5.56 Å². The SMILES string of the molecule is CCn1ccnc(OCC2CCCCN2)c1=O. The van der Waals surface area contributed by atoms with Crippen LogP contribution in [0, 0.1) is 0 Å². The molecule has 0 aromatic carbocycles. The Morgan fingerprint density at radius 1 is 1.59 bits per heavy atom. The van der Waals surface area contributed by atoms with Crippen molar-refractivity contribution in [2.24, 2.45) is 0 Å². The lowest BCUT2D eigenvalue weighted by Gasteiger charge is -2.23. The first-order valence-corrected chi connectivity index (χ1v) is 6.23. The number of ether oxygens (including phenoxy) is 1. The molecule has 0 spiro atoms. The Morgan fingerprint density at radius 2 is 2.47 bits per heavy atom. The Bertz CT molecular complexity index is 410. The second kappa shape index (κ2) is 5.82. The minimum atomic E-state index is -0.147. The molecule has 0 bridgehead atoms. The van der Waals surface area contributed by atoms with Crippen LogP contribution in [0.3, 0.4) is 0 Å². The van der Waals surface area contributed by atoms with Gasteiger partial charge in [0.15, 0.2) is 0 Å². The minimum absolute atomic E-state index is 0.147. The normalized spacial score (nSPS) is 20.2. The summed E-state index contributed by atoms with van der Waals surface area (Å²) in [6, 6.07) is 0.347. The van der Waals surface area contributed by atoms with Gasteiger partial charge in [-0.25, -0.2) is 4.98 Å². The smallest absolute Gasteiger partial charge is 0.313 e. The van der Waals surface area contributed by atoms with Crippen molar-refractivity contribution in [1.29, 1.82) is 0 Å². The van der Waals surface area contributed by atoms with Gasteiger partial charge in [-0.1, -0.05) is 6.42 Å². The monoisotopic (exact) mass is 237 g/mol. The van der Waals surface area contributed by atoms with Crippen LogP contribution in [0.4, 0.5) is 0 Å². The third-order valence-electron chi connectivity index (χ3n) is 3.06. The number of hydrogen-bond donors (Lipinski definition) is 1. The van der Waals surface area contributed by atoms with E-state index in [4.69, 9.17) is 4.74 Å². The van der Waals surface area contributed by atoms with Crippen LogP contribution in [0.5, 0.6) is 5.88 Å². The van der Waals surface area contributed by atoms with Gasteiger partial charge in [0.1, 0.15) is 6.61 Å². The zero-order chi connectivity index (χ0) is 12.1. The quantitative estimate of drug-likeness (QED) is 0.841. The molecule has 5 heteroatoms. The summed E-state index contributed by atoms with van der Waals surface area (Å²) in [5.74, 6) is 0.210. The molecule has 5 nitrogen and oxygen atoms in total. The minimum Gasteiger partial charge on any atom is -0.472 e. The Hall–Kier alpha value is -1.36. The maximum absolute atomic E-state index is 11.8. The summed E-state index contributed by atoms with van der Waals surface area (Å²) >= 11 is 0. The summed E-state index contributed by atoms with van der Waals surface area (Å²) in [7, 11) is 0. The molecule has 0 aliphatic carbocycles. The van der Waals surface area contributed by atoms with Gasteiger partial charge in [-0.05, 0) is 26.3 Å². The Labute approximate surface area is 101 Å². The maximum atomic E-state index is 11.8. The Balaban J connectivity index is 1.96. The van der Waals surface area contributed by atoms with Gasteiger partial charge in [0.05, 0.1) is 0 Å². The number of rotatable bonds is 4. The molecule has 17 heavy (non-hydrogen) atoms. The third kappa shape index (κ3) is 3.06. The average Bonchev–Trinajstić information content (AvgIpc) is 2.39. The zero-order valence-electron chi connectivity index (χ0n) is 10.2. The van der Waals surface area contributed by atoms with Crippen molar-refractivity contribution >= 4 is 0 Å². The van der Waals surface area contributed by atoms with Crippen molar-refractivity contribution in [2.75, 3.05) is 13.2 Å². The van der Waals surface area contributed by atoms with Crippen molar-refractivity contribution < 1.29 is 4.74 Å². The van der Waals surface area contributed by atoms with Crippen LogP contribution in [0.25, 0.3) is 0 Å². The molecule has 1 aliphatic heterocycles. The molecule has 1 atom stereocenters. The van der Waals surface area contributed by atoms with Gasteiger partial charge in [-0.3, -0.25) is 4.79 Å². The molecule has 1 aromatic heterocycles. The van der Waals surface area contributed by atoms with Crippen LogP contribution in [-0.4, -0.2) is 28.7 Å². The lowest BCUT2D eigenvalue weighted by molar-refractivity contribution is 0.228. The lowest BCUT2D eigenvalue weighted by Crippen LogP contribution is -2.39. The Kier molecular flexibility index (Phi) is 4.14. The molecule has 1 saturated heterocycles. The molecular formula is C12H19N3O2. The highest BCUT2D eigenvalue weighted by Crippen LogP contribution is 2.08. The Morgan fingerprint density at radius 3 is 3.18 bits per heavy atom. The molecule has 1 aromatic rings. The summed E-state index contributed by atoms with van der Waals surface area (Å²) < 4.78 is 7.11. The first kappa shape index (κ1) is 12.1. The fourth-order valence-corrected chi connectivity index (χ4v) is 2.02. The first-order valence-electron chi connectivity index (χ1n) is 6.23. The molecule has 2 rings (SSSR count). The van der Waals surface area contributed by atoms with Gasteiger partial charge < -0.3 is 14.6 Å². The summed E-state index contributed by atoms with van der Waals surface area (Å²) in [5, 5.41) is 3.38. The van der Waals surface area contributed by atoms with E-state index in [0.29, 0.717) is 19.2 Å². The molecular weight excluding hydrogens is 218 g/mol. The van der Waals surface area contributed by atoms with Crippen LogP contribution in [-0.2, 0) is 6.54 Å². The summed E-state index contributed by atoms with van der Waals surface area (Å²) in [4.78, 5) is 15.8. The topological polar surface area (TPSA) is 56.1 Å². The number of aryl methyl sites for hydroxylation is 1. The van der Waals surface area contributed by atoms with E-state index in [2.05, 4.69) is 10.3 Å². The summed E-state index contributed by atoms with van der Waals surface area (Å²) in [5.41, 5.74) is -0.147. The molecule has 0 saturated carbocycles. The molecule has 1 N–H and O–H groups in total. The van der Waals surface area contributed by atoms with Crippen molar-refractivity contribution in [3.8, 4) is 5.88 Å². The standard InChI is InChI=1S/C12H19N3O2/c1-2-15-8-7-14-11(12(15)16)17-9-10-5-3-4-6-13-10/h7-8,10,13H,2-6,9H2,1H3. The number of nitrogens with zero attached hydrogens (tertiary/aromatic N) is 2. The van der Waals surface area contributed by atoms with Crippen LogP contribution >= 0.6 is 0 Å². The van der Waals surface area contributed by atoms with E-state index >= 15 is 0 Å². The first-order chi connectivity index (χ1) is 8.31. The van der Waals surface area contributed by atoms with Crippen molar-refractivity contribution in [3.05, 3.63) is 22.7 Å². The highest BCUT2D eigenvalue weighted by Gasteiger charge is 2.14. The van der Waals surface area contributed by atoms with Gasteiger partial charge in [0.25, 0.3) is 5.88 Å². The molecule has 1 fully saturated rings. The van der Waals surface area contributed by atoms with E-state index < -0.39 is 0 Å².